The Morgan fingerprint density at radius 2 is 1.85 bits per heavy atom. The van der Waals surface area contributed by atoms with Crippen LogP contribution in [0.1, 0.15) is 48.4 Å². The minimum Gasteiger partial charge on any atom is -0.487 e. The van der Waals surface area contributed by atoms with E-state index in [1.54, 1.807) is 18.0 Å². The number of carbonyl (C=O) groups excluding carboxylic acids is 2. The van der Waals surface area contributed by atoms with Crippen molar-refractivity contribution >= 4 is 18.0 Å². The normalized spacial score (nSPS) is 27.6. The molecular weight excluding hydrogens is 609 g/mol. The third kappa shape index (κ3) is 5.36. The number of amides is 1. The first-order chi connectivity index (χ1) is 22.5. The van der Waals surface area contributed by atoms with Crippen molar-refractivity contribution in [2.75, 3.05) is 20.1 Å². The molecule has 7 rings (SSSR count). The van der Waals surface area contributed by atoms with Crippen LogP contribution < -0.4 is 9.47 Å². The van der Waals surface area contributed by atoms with Crippen molar-refractivity contribution in [1.29, 1.82) is 0 Å². The maximum atomic E-state index is 13.6. The Bertz CT molecular complexity index is 1710. The molecule has 2 unspecified atom stereocenters. The van der Waals surface area contributed by atoms with Crippen LogP contribution >= 0.6 is 0 Å². The number of hydrogen-bond acceptors (Lipinski definition) is 6. The highest BCUT2D eigenvalue weighted by Gasteiger charge is 2.75. The molecule has 2 heterocycles. The minimum atomic E-state index is -4.81. The lowest BCUT2D eigenvalue weighted by molar-refractivity contribution is -0.274. The summed E-state index contributed by atoms with van der Waals surface area (Å²) in [6.45, 7) is 3.11. The SMILES string of the molecule is CC(=O)O[C@@]12CCC(N(C)C(=O)/C=C/c3cccc(OC(F)(F)F)c3)C3Oc4cccc5c4[C@@]31CCN(CCc1ccccc1)[C@@H]2C5. The average Bonchev–Trinajstić information content (AvgIpc) is 3.37. The first-order valence-corrected chi connectivity index (χ1v) is 16.1. The van der Waals surface area contributed by atoms with Gasteiger partial charge in [0.25, 0.3) is 0 Å². The van der Waals surface area contributed by atoms with Gasteiger partial charge in [0.05, 0.1) is 17.5 Å². The van der Waals surface area contributed by atoms with Crippen LogP contribution in [-0.2, 0) is 32.6 Å². The molecule has 3 aromatic carbocycles. The van der Waals surface area contributed by atoms with E-state index in [-0.39, 0.29) is 29.7 Å². The van der Waals surface area contributed by atoms with Gasteiger partial charge in [-0.3, -0.25) is 14.5 Å². The molecule has 2 aliphatic carbocycles. The Hall–Kier alpha value is -4.31. The number of hydrogen-bond donors (Lipinski definition) is 0. The summed E-state index contributed by atoms with van der Waals surface area (Å²) in [5.74, 6) is -0.206. The van der Waals surface area contributed by atoms with Gasteiger partial charge in [-0.1, -0.05) is 54.6 Å². The van der Waals surface area contributed by atoms with Crippen LogP contribution in [0.15, 0.2) is 78.9 Å². The van der Waals surface area contributed by atoms with E-state index in [1.165, 1.54) is 48.4 Å². The molecule has 1 spiro atoms. The van der Waals surface area contributed by atoms with E-state index in [0.717, 1.165) is 37.2 Å². The Labute approximate surface area is 271 Å². The molecule has 2 aliphatic heterocycles. The second kappa shape index (κ2) is 11.7. The molecule has 0 N–H and O–H groups in total. The number of halogens is 3. The van der Waals surface area contributed by atoms with Crippen molar-refractivity contribution in [1.82, 2.24) is 9.80 Å². The van der Waals surface area contributed by atoms with Gasteiger partial charge in [-0.2, -0.15) is 0 Å². The monoisotopic (exact) mass is 646 g/mol. The van der Waals surface area contributed by atoms with Crippen LogP contribution in [0.3, 0.4) is 0 Å². The number of piperidine rings is 1. The second-order valence-corrected chi connectivity index (χ2v) is 13.0. The zero-order chi connectivity index (χ0) is 33.0. The minimum absolute atomic E-state index is 0.0520. The summed E-state index contributed by atoms with van der Waals surface area (Å²) < 4.78 is 55.6. The van der Waals surface area contributed by atoms with Crippen molar-refractivity contribution in [2.24, 2.45) is 0 Å². The molecule has 10 heteroatoms. The molecular formula is C37H37F3N2O5. The van der Waals surface area contributed by atoms with Crippen LogP contribution in [0, 0.1) is 0 Å². The number of benzene rings is 3. The fraction of sp³-hybridized carbons (Fsp3) is 0.405. The molecule has 1 saturated heterocycles. The van der Waals surface area contributed by atoms with Crippen molar-refractivity contribution in [3.8, 4) is 11.5 Å². The molecule has 1 amide bonds. The molecule has 5 atom stereocenters. The maximum Gasteiger partial charge on any atom is 0.573 e. The highest BCUT2D eigenvalue weighted by atomic mass is 19.4. The van der Waals surface area contributed by atoms with Crippen molar-refractivity contribution in [2.45, 2.75) is 74.6 Å². The van der Waals surface area contributed by atoms with E-state index in [0.29, 0.717) is 24.8 Å². The van der Waals surface area contributed by atoms with Gasteiger partial charge in [-0.05, 0) is 79.6 Å². The summed E-state index contributed by atoms with van der Waals surface area (Å²) in [6.07, 6.45) is 1.03. The summed E-state index contributed by atoms with van der Waals surface area (Å²) in [5.41, 5.74) is 2.49. The van der Waals surface area contributed by atoms with Gasteiger partial charge >= 0.3 is 12.3 Å². The molecule has 2 fully saturated rings. The Kier molecular flexibility index (Phi) is 7.82. The predicted octanol–water partition coefficient (Wildman–Crippen LogP) is 6.09. The molecule has 0 radical (unpaired) electrons. The quantitative estimate of drug-likeness (QED) is 0.218. The van der Waals surface area contributed by atoms with E-state index in [2.05, 4.69) is 27.8 Å². The van der Waals surface area contributed by atoms with Gasteiger partial charge in [0, 0.05) is 32.2 Å². The van der Waals surface area contributed by atoms with Crippen LogP contribution in [0.2, 0.25) is 0 Å². The molecule has 0 aromatic heterocycles. The van der Waals surface area contributed by atoms with E-state index >= 15 is 0 Å². The smallest absolute Gasteiger partial charge is 0.487 e. The molecule has 3 aromatic rings. The summed E-state index contributed by atoms with van der Waals surface area (Å²) in [4.78, 5) is 30.7. The second-order valence-electron chi connectivity index (χ2n) is 13.0. The van der Waals surface area contributed by atoms with Gasteiger partial charge in [0.1, 0.15) is 23.2 Å². The first kappa shape index (κ1) is 31.3. The summed E-state index contributed by atoms with van der Waals surface area (Å²) in [7, 11) is 1.73. The van der Waals surface area contributed by atoms with E-state index in [1.807, 2.05) is 30.3 Å². The molecule has 246 valence electrons. The van der Waals surface area contributed by atoms with Crippen LogP contribution in [-0.4, -0.2) is 72.0 Å². The average molecular weight is 647 g/mol. The topological polar surface area (TPSA) is 68.3 Å². The third-order valence-electron chi connectivity index (χ3n) is 10.6. The Morgan fingerprint density at radius 3 is 2.62 bits per heavy atom. The molecule has 1 saturated carbocycles. The van der Waals surface area contributed by atoms with E-state index in [9.17, 15) is 22.8 Å². The summed E-state index contributed by atoms with van der Waals surface area (Å²) in [5, 5.41) is 0. The lowest BCUT2D eigenvalue weighted by Gasteiger charge is -2.65. The van der Waals surface area contributed by atoms with Gasteiger partial charge in [0.15, 0.2) is 0 Å². The van der Waals surface area contributed by atoms with Crippen LogP contribution in [0.4, 0.5) is 13.2 Å². The van der Waals surface area contributed by atoms with Crippen molar-refractivity contribution in [3.63, 3.8) is 0 Å². The number of esters is 1. The number of rotatable bonds is 8. The molecule has 4 aliphatic rings. The predicted molar refractivity (Wildman–Crippen MR) is 169 cm³/mol. The molecule has 7 nitrogen and oxygen atoms in total. The Balaban J connectivity index is 1.20. The number of carbonyl (C=O) groups is 2. The van der Waals surface area contributed by atoms with Crippen LogP contribution in [0.5, 0.6) is 11.5 Å². The highest BCUT2D eigenvalue weighted by Crippen LogP contribution is 2.65. The van der Waals surface area contributed by atoms with Gasteiger partial charge in [-0.25, -0.2) is 0 Å². The molecule has 2 bridgehead atoms. The zero-order valence-electron chi connectivity index (χ0n) is 26.3. The number of likely N-dealkylation sites (N-methyl/N-ethyl adjacent to an activating group) is 1. The van der Waals surface area contributed by atoms with Crippen LogP contribution in [0.25, 0.3) is 6.08 Å². The number of alkyl halides is 3. The first-order valence-electron chi connectivity index (χ1n) is 16.1. The Morgan fingerprint density at radius 1 is 1.06 bits per heavy atom. The zero-order valence-corrected chi connectivity index (χ0v) is 26.3. The standard InChI is InChI=1S/C37H37F3N2O5/c1-24(43)46-36-18-16-29(41(2)32(44)15-14-26-10-6-12-28(22-26)47-37(38,39)40)34-35(36)19-21-42(20-17-25-8-4-3-5-9-25)31(36)23-27-11-7-13-30(45-34)33(27)35/h3-15,22,29,31,34H,16-21,23H2,1-2H3/b15-14+/t29?,31-,34?,35+,36-/m1/s1. The number of nitrogens with zero attached hydrogens (tertiary/aromatic N) is 2. The highest BCUT2D eigenvalue weighted by molar-refractivity contribution is 5.92. The molecule has 47 heavy (non-hydrogen) atoms. The fourth-order valence-electron chi connectivity index (χ4n) is 8.85. The van der Waals surface area contributed by atoms with E-state index in [4.69, 9.17) is 9.47 Å². The van der Waals surface area contributed by atoms with Gasteiger partial charge < -0.3 is 19.1 Å². The van der Waals surface area contributed by atoms with Crippen molar-refractivity contribution in [3.05, 3.63) is 101 Å². The van der Waals surface area contributed by atoms with Gasteiger partial charge in [-0.15, -0.1) is 13.2 Å². The lowest BCUT2D eigenvalue weighted by Crippen LogP contribution is -2.79. The fourth-order valence-corrected chi connectivity index (χ4v) is 8.85. The lowest BCUT2D eigenvalue weighted by atomic mass is 9.48. The van der Waals surface area contributed by atoms with Crippen molar-refractivity contribution < 1.29 is 37.0 Å². The third-order valence-corrected chi connectivity index (χ3v) is 10.6. The maximum absolute atomic E-state index is 13.6. The number of ether oxygens (including phenoxy) is 3. The summed E-state index contributed by atoms with van der Waals surface area (Å²) in [6, 6.07) is 21.6. The van der Waals surface area contributed by atoms with E-state index < -0.39 is 23.5 Å². The summed E-state index contributed by atoms with van der Waals surface area (Å²) >= 11 is 0. The van der Waals surface area contributed by atoms with Gasteiger partial charge in [0.2, 0.25) is 5.91 Å². The number of likely N-dealkylation sites (tertiary alicyclic amines) is 1. The largest absolute Gasteiger partial charge is 0.573 e.